The van der Waals surface area contributed by atoms with Crippen molar-refractivity contribution in [3.8, 4) is 0 Å². The molecule has 1 saturated carbocycles. The van der Waals surface area contributed by atoms with E-state index in [1.165, 1.54) is 0 Å². The van der Waals surface area contributed by atoms with Crippen LogP contribution in [0.1, 0.15) is 44.8 Å². The van der Waals surface area contributed by atoms with Crippen LogP contribution < -0.4 is 16.0 Å². The second kappa shape index (κ2) is 11.0. The second-order valence-electron chi connectivity index (χ2n) is 9.46. The summed E-state index contributed by atoms with van der Waals surface area (Å²) >= 11 is 3.46. The molecule has 2 heterocycles. The van der Waals surface area contributed by atoms with Gasteiger partial charge in [-0.25, -0.2) is 0 Å². The van der Waals surface area contributed by atoms with Gasteiger partial charge < -0.3 is 26.0 Å². The maximum Gasteiger partial charge on any atom is 0.249 e. The third-order valence-electron chi connectivity index (χ3n) is 6.88. The predicted octanol–water partition coefficient (Wildman–Crippen LogP) is 1.64. The Morgan fingerprint density at radius 3 is 2.63 bits per heavy atom. The van der Waals surface area contributed by atoms with Crippen LogP contribution in [-0.4, -0.2) is 70.5 Å². The number of fused-ring (bicyclic) bond motifs is 1. The minimum atomic E-state index is -1.08. The third-order valence-corrected chi connectivity index (χ3v) is 7.37. The Bertz CT molecular complexity index is 1110. The van der Waals surface area contributed by atoms with Crippen molar-refractivity contribution in [3.63, 3.8) is 0 Å². The van der Waals surface area contributed by atoms with E-state index in [0.29, 0.717) is 13.1 Å². The Labute approximate surface area is 213 Å². The minimum Gasteiger partial charge on any atom is -0.383 e. The number of hydrogen-bond acceptors (Lipinski definition) is 6. The standard InChI is InChI=1S/C25H32BrN5O4/c1-14(19-9-7-16-6-8-18(26)12-20(16)30-19)28-23(33)21-13-31(11-10-27-21)25(35)15(2)29-24(34)22(32)17-4-3-5-17/h6-9,12,14-15,17,21-22,27,32H,3-5,10-11,13H2,1-2H3,(H,28,33)(H,29,34)/t14-,15+,21+,22+/m1/s1. The lowest BCUT2D eigenvalue weighted by atomic mass is 9.81. The van der Waals surface area contributed by atoms with Gasteiger partial charge >= 0.3 is 0 Å². The van der Waals surface area contributed by atoms with E-state index >= 15 is 0 Å². The molecule has 1 saturated heterocycles. The molecule has 2 aromatic rings. The largest absolute Gasteiger partial charge is 0.383 e. The van der Waals surface area contributed by atoms with Crippen LogP contribution in [0, 0.1) is 5.92 Å². The number of halogens is 1. The fraction of sp³-hybridized carbons (Fsp3) is 0.520. The van der Waals surface area contributed by atoms with Crippen molar-refractivity contribution in [2.45, 2.75) is 57.3 Å². The molecule has 3 amide bonds. The average molecular weight is 546 g/mol. The fourth-order valence-electron chi connectivity index (χ4n) is 4.46. The second-order valence-corrected chi connectivity index (χ2v) is 10.4. The molecule has 188 valence electrons. The number of carbonyl (C=O) groups is 3. The highest BCUT2D eigenvalue weighted by Gasteiger charge is 2.34. The molecule has 1 aliphatic carbocycles. The number of aromatic nitrogens is 1. The molecule has 2 aliphatic rings. The Balaban J connectivity index is 1.32. The van der Waals surface area contributed by atoms with Crippen molar-refractivity contribution in [2.75, 3.05) is 19.6 Å². The molecule has 10 heteroatoms. The number of aliphatic hydroxyl groups is 1. The van der Waals surface area contributed by atoms with E-state index in [0.717, 1.165) is 40.3 Å². The van der Waals surface area contributed by atoms with Crippen molar-refractivity contribution in [1.82, 2.24) is 25.8 Å². The maximum absolute atomic E-state index is 13.0. The molecule has 2 fully saturated rings. The average Bonchev–Trinajstić information content (AvgIpc) is 2.81. The lowest BCUT2D eigenvalue weighted by Gasteiger charge is -2.35. The fourth-order valence-corrected chi connectivity index (χ4v) is 4.81. The SMILES string of the molecule is C[C@H](NC(=O)[C@@H](O)C1CCC1)C(=O)N1CCN[C@H](C(=O)N[C@H](C)c2ccc3ccc(Br)cc3n2)C1. The highest BCUT2D eigenvalue weighted by molar-refractivity contribution is 9.10. The first-order valence-corrected chi connectivity index (χ1v) is 12.9. The number of nitrogens with zero attached hydrogens (tertiary/aromatic N) is 2. The molecule has 0 spiro atoms. The summed E-state index contributed by atoms with van der Waals surface area (Å²) in [5.74, 6) is -1.02. The number of rotatable bonds is 7. The smallest absolute Gasteiger partial charge is 0.249 e. The van der Waals surface area contributed by atoms with Gasteiger partial charge in [-0.05, 0) is 50.8 Å². The highest BCUT2D eigenvalue weighted by Crippen LogP contribution is 2.29. The van der Waals surface area contributed by atoms with Crippen LogP contribution in [0.15, 0.2) is 34.8 Å². The maximum atomic E-state index is 13.0. The number of piperazine rings is 1. The van der Waals surface area contributed by atoms with Crippen molar-refractivity contribution in [3.05, 3.63) is 40.5 Å². The highest BCUT2D eigenvalue weighted by atomic mass is 79.9. The Kier molecular flexibility index (Phi) is 8.03. The zero-order chi connectivity index (χ0) is 25.1. The molecule has 4 N–H and O–H groups in total. The number of carbonyl (C=O) groups excluding carboxylic acids is 3. The van der Waals surface area contributed by atoms with E-state index < -0.39 is 24.1 Å². The summed E-state index contributed by atoms with van der Waals surface area (Å²) in [4.78, 5) is 44.4. The zero-order valence-corrected chi connectivity index (χ0v) is 21.5. The molecule has 9 nitrogen and oxygen atoms in total. The van der Waals surface area contributed by atoms with Crippen LogP contribution in [0.4, 0.5) is 0 Å². The Morgan fingerprint density at radius 2 is 1.91 bits per heavy atom. The molecule has 1 aromatic carbocycles. The number of aliphatic hydroxyl groups excluding tert-OH is 1. The predicted molar refractivity (Wildman–Crippen MR) is 135 cm³/mol. The van der Waals surface area contributed by atoms with Crippen LogP contribution >= 0.6 is 15.9 Å². The van der Waals surface area contributed by atoms with Crippen molar-refractivity contribution < 1.29 is 19.5 Å². The Morgan fingerprint density at radius 1 is 1.17 bits per heavy atom. The van der Waals surface area contributed by atoms with Gasteiger partial charge in [0.1, 0.15) is 18.2 Å². The summed E-state index contributed by atoms with van der Waals surface area (Å²) in [5.41, 5.74) is 1.58. The van der Waals surface area contributed by atoms with Crippen LogP contribution in [0.5, 0.6) is 0 Å². The van der Waals surface area contributed by atoms with Gasteiger partial charge in [0, 0.05) is 29.5 Å². The van der Waals surface area contributed by atoms with Gasteiger partial charge in [-0.1, -0.05) is 34.5 Å². The van der Waals surface area contributed by atoms with Gasteiger partial charge in [-0.3, -0.25) is 19.4 Å². The number of hydrogen-bond donors (Lipinski definition) is 4. The van der Waals surface area contributed by atoms with Gasteiger partial charge in [-0.2, -0.15) is 0 Å². The lowest BCUT2D eigenvalue weighted by molar-refractivity contribution is -0.142. The van der Waals surface area contributed by atoms with Crippen molar-refractivity contribution in [2.24, 2.45) is 5.92 Å². The molecule has 35 heavy (non-hydrogen) atoms. The van der Waals surface area contributed by atoms with Crippen LogP contribution in [0.3, 0.4) is 0 Å². The quantitative estimate of drug-likeness (QED) is 0.419. The first kappa shape index (κ1) is 25.5. The summed E-state index contributed by atoms with van der Waals surface area (Å²) in [6, 6.07) is 8.08. The van der Waals surface area contributed by atoms with Crippen LogP contribution in [0.2, 0.25) is 0 Å². The third kappa shape index (κ3) is 5.99. The topological polar surface area (TPSA) is 124 Å². The minimum absolute atomic E-state index is 0.0230. The monoisotopic (exact) mass is 545 g/mol. The molecule has 4 atom stereocenters. The number of pyridine rings is 1. The number of nitrogens with one attached hydrogen (secondary N) is 3. The lowest BCUT2D eigenvalue weighted by Crippen LogP contribution is -2.61. The molecular formula is C25H32BrN5O4. The molecule has 1 aliphatic heterocycles. The van der Waals surface area contributed by atoms with Gasteiger partial charge in [0.15, 0.2) is 0 Å². The zero-order valence-electron chi connectivity index (χ0n) is 20.0. The van der Waals surface area contributed by atoms with Crippen molar-refractivity contribution in [1.29, 1.82) is 0 Å². The van der Waals surface area contributed by atoms with E-state index in [4.69, 9.17) is 0 Å². The van der Waals surface area contributed by atoms with E-state index in [-0.39, 0.29) is 30.3 Å². The summed E-state index contributed by atoms with van der Waals surface area (Å²) in [6.07, 6.45) is 1.60. The summed E-state index contributed by atoms with van der Waals surface area (Å²) in [7, 11) is 0. The number of amides is 3. The summed E-state index contributed by atoms with van der Waals surface area (Å²) in [5, 5.41) is 19.9. The number of benzene rings is 1. The molecule has 0 unspecified atom stereocenters. The summed E-state index contributed by atoms with van der Waals surface area (Å²) < 4.78 is 0.936. The molecule has 0 bridgehead atoms. The Hall–Kier alpha value is -2.56. The first-order valence-electron chi connectivity index (χ1n) is 12.1. The molecular weight excluding hydrogens is 514 g/mol. The van der Waals surface area contributed by atoms with Crippen LogP contribution in [-0.2, 0) is 14.4 Å². The molecule has 4 rings (SSSR count). The van der Waals surface area contributed by atoms with Gasteiger partial charge in [0.25, 0.3) is 0 Å². The van der Waals surface area contributed by atoms with Gasteiger partial charge in [-0.15, -0.1) is 0 Å². The van der Waals surface area contributed by atoms with E-state index in [1.807, 2.05) is 37.3 Å². The van der Waals surface area contributed by atoms with E-state index in [1.54, 1.807) is 11.8 Å². The van der Waals surface area contributed by atoms with Gasteiger partial charge in [0.05, 0.1) is 17.3 Å². The van der Waals surface area contributed by atoms with Crippen LogP contribution in [0.25, 0.3) is 10.9 Å². The normalized spacial score (nSPS) is 21.0. The molecule has 0 radical (unpaired) electrons. The van der Waals surface area contributed by atoms with E-state index in [9.17, 15) is 19.5 Å². The molecule has 1 aromatic heterocycles. The summed E-state index contributed by atoms with van der Waals surface area (Å²) in [6.45, 7) is 4.58. The van der Waals surface area contributed by atoms with Gasteiger partial charge in [0.2, 0.25) is 17.7 Å². The van der Waals surface area contributed by atoms with E-state index in [2.05, 4.69) is 36.9 Å². The first-order chi connectivity index (χ1) is 16.7. The van der Waals surface area contributed by atoms with Crippen molar-refractivity contribution >= 4 is 44.6 Å².